The van der Waals surface area contributed by atoms with Crippen molar-refractivity contribution in [2.45, 2.75) is 69.7 Å². The van der Waals surface area contributed by atoms with E-state index in [0.29, 0.717) is 41.7 Å². The molecule has 1 saturated carbocycles. The van der Waals surface area contributed by atoms with Gasteiger partial charge in [-0.2, -0.15) is 13.2 Å². The molecule has 3 rings (SSSR count). The van der Waals surface area contributed by atoms with Crippen LogP contribution in [-0.4, -0.2) is 25.5 Å². The average molecular weight is 443 g/mol. The summed E-state index contributed by atoms with van der Waals surface area (Å²) in [5.41, 5.74) is 1.61. The Morgan fingerprint density at radius 1 is 1.03 bits per heavy atom. The molecule has 0 radical (unpaired) electrons. The molecule has 0 atom stereocenters. The van der Waals surface area contributed by atoms with Gasteiger partial charge in [-0.1, -0.05) is 17.7 Å². The Hall–Kier alpha value is -2.13. The van der Waals surface area contributed by atoms with E-state index in [-0.39, 0.29) is 18.0 Å². The lowest BCUT2D eigenvalue weighted by Gasteiger charge is -2.29. The molecule has 0 amide bonds. The molecule has 1 N–H and O–H groups in total. The van der Waals surface area contributed by atoms with Crippen molar-refractivity contribution in [1.82, 2.24) is 9.71 Å². The maximum absolute atomic E-state index is 12.9. The average Bonchev–Trinajstić information content (AvgIpc) is 2.61. The Balaban J connectivity index is 1.58. The van der Waals surface area contributed by atoms with Crippen LogP contribution in [0.3, 0.4) is 0 Å². The van der Waals surface area contributed by atoms with Crippen molar-refractivity contribution in [3.63, 3.8) is 0 Å². The van der Waals surface area contributed by atoms with Crippen LogP contribution in [0.2, 0.25) is 0 Å². The van der Waals surface area contributed by atoms with E-state index in [1.165, 1.54) is 6.07 Å². The van der Waals surface area contributed by atoms with Crippen molar-refractivity contribution in [2.24, 2.45) is 0 Å². The zero-order chi connectivity index (χ0) is 22.1. The van der Waals surface area contributed by atoms with Crippen molar-refractivity contribution in [3.05, 3.63) is 52.7 Å². The van der Waals surface area contributed by atoms with Gasteiger partial charge in [0, 0.05) is 18.3 Å². The van der Waals surface area contributed by atoms with Gasteiger partial charge in [-0.15, -0.1) is 0 Å². The third-order valence-corrected chi connectivity index (χ3v) is 7.05. The van der Waals surface area contributed by atoms with Gasteiger partial charge in [0.25, 0.3) is 0 Å². The Labute approximate surface area is 174 Å². The lowest BCUT2D eigenvalue weighted by molar-refractivity contribution is -0.137. The number of sulfonamides is 1. The van der Waals surface area contributed by atoms with Crippen LogP contribution in [-0.2, 0) is 16.2 Å². The molecule has 1 fully saturated rings. The topological polar surface area (TPSA) is 68.3 Å². The summed E-state index contributed by atoms with van der Waals surface area (Å²) in [6.07, 6.45) is -1.57. The number of aryl methyl sites for hydroxylation is 3. The van der Waals surface area contributed by atoms with E-state index < -0.39 is 21.8 Å². The van der Waals surface area contributed by atoms with Crippen LogP contribution in [0, 0.1) is 20.8 Å². The lowest BCUT2D eigenvalue weighted by atomic mass is 9.94. The fraction of sp³-hybridized carbons (Fsp3) is 0.476. The fourth-order valence-electron chi connectivity index (χ4n) is 3.96. The summed E-state index contributed by atoms with van der Waals surface area (Å²) >= 11 is 0. The van der Waals surface area contributed by atoms with Crippen LogP contribution in [0.1, 0.15) is 47.9 Å². The first-order valence-corrected chi connectivity index (χ1v) is 11.2. The minimum atomic E-state index is -4.44. The number of benzene rings is 1. The van der Waals surface area contributed by atoms with E-state index in [9.17, 15) is 21.6 Å². The van der Waals surface area contributed by atoms with Crippen LogP contribution in [0.5, 0.6) is 5.88 Å². The maximum atomic E-state index is 12.9. The molecule has 0 unspecified atom stereocenters. The number of nitrogens with one attached hydrogen (secondary N) is 1. The first-order chi connectivity index (χ1) is 14.0. The highest BCUT2D eigenvalue weighted by Gasteiger charge is 2.31. The maximum Gasteiger partial charge on any atom is 0.417 e. The monoisotopic (exact) mass is 442 g/mol. The van der Waals surface area contributed by atoms with E-state index in [4.69, 9.17) is 4.74 Å². The Morgan fingerprint density at radius 3 is 2.13 bits per heavy atom. The number of pyridine rings is 1. The summed E-state index contributed by atoms with van der Waals surface area (Å²) in [6.45, 7) is 5.50. The van der Waals surface area contributed by atoms with Crippen molar-refractivity contribution < 1.29 is 26.3 Å². The molecule has 1 aliphatic carbocycles. The summed E-state index contributed by atoms with van der Waals surface area (Å²) in [4.78, 5) is 4.05. The molecule has 9 heteroatoms. The first kappa shape index (κ1) is 22.6. The molecule has 1 aromatic carbocycles. The van der Waals surface area contributed by atoms with E-state index in [2.05, 4.69) is 9.71 Å². The van der Waals surface area contributed by atoms with Crippen LogP contribution in [0.25, 0.3) is 0 Å². The number of ether oxygens (including phenoxy) is 1. The molecule has 1 heterocycles. The van der Waals surface area contributed by atoms with Gasteiger partial charge in [0.05, 0.1) is 10.5 Å². The normalized spacial score (nSPS) is 20.2. The van der Waals surface area contributed by atoms with Crippen LogP contribution in [0.4, 0.5) is 13.2 Å². The van der Waals surface area contributed by atoms with Crippen LogP contribution < -0.4 is 9.46 Å². The third-order valence-electron chi connectivity index (χ3n) is 5.22. The van der Waals surface area contributed by atoms with Crippen molar-refractivity contribution in [3.8, 4) is 5.88 Å². The predicted octanol–water partition coefficient (Wildman–Crippen LogP) is 4.69. The number of hydrogen-bond acceptors (Lipinski definition) is 4. The standard InChI is InChI=1S/C21H25F3N2O3S/c1-13-10-14(2)20(15(3)11-13)30(27,28)26-17-5-7-18(8-6-17)29-19-9-4-16(12-25-19)21(22,23)24/h4,9-12,17-18,26H,5-8H2,1-3H3. The van der Waals surface area contributed by atoms with E-state index in [1.54, 1.807) is 13.8 Å². The lowest BCUT2D eigenvalue weighted by Crippen LogP contribution is -2.40. The smallest absolute Gasteiger partial charge is 0.417 e. The molecule has 0 aliphatic heterocycles. The van der Waals surface area contributed by atoms with Gasteiger partial charge in [0.15, 0.2) is 0 Å². The van der Waals surface area contributed by atoms with Gasteiger partial charge >= 0.3 is 6.18 Å². The van der Waals surface area contributed by atoms with Gasteiger partial charge in [0.2, 0.25) is 15.9 Å². The van der Waals surface area contributed by atoms with Crippen LogP contribution >= 0.6 is 0 Å². The molecule has 164 valence electrons. The Bertz CT molecular complexity index is 974. The quantitative estimate of drug-likeness (QED) is 0.729. The molecule has 0 bridgehead atoms. The zero-order valence-corrected chi connectivity index (χ0v) is 17.9. The summed E-state index contributed by atoms with van der Waals surface area (Å²) in [5.74, 6) is 0.137. The zero-order valence-electron chi connectivity index (χ0n) is 17.1. The first-order valence-electron chi connectivity index (χ1n) is 9.76. The molecule has 1 aliphatic rings. The number of hydrogen-bond donors (Lipinski definition) is 1. The van der Waals surface area contributed by atoms with Crippen LogP contribution in [0.15, 0.2) is 35.4 Å². The number of aromatic nitrogens is 1. The highest BCUT2D eigenvalue weighted by atomic mass is 32.2. The molecule has 5 nitrogen and oxygen atoms in total. The Kier molecular flexibility index (Phi) is 6.43. The summed E-state index contributed by atoms with van der Waals surface area (Å²) < 4.78 is 72.1. The fourth-order valence-corrected chi connectivity index (χ4v) is 5.71. The highest BCUT2D eigenvalue weighted by Crippen LogP contribution is 2.30. The second-order valence-corrected chi connectivity index (χ2v) is 9.47. The largest absolute Gasteiger partial charge is 0.474 e. The van der Waals surface area contributed by atoms with Gasteiger partial charge in [0.1, 0.15) is 6.10 Å². The molecular formula is C21H25F3N2O3S. The molecular weight excluding hydrogens is 417 g/mol. The number of alkyl halides is 3. The number of rotatable bonds is 5. The predicted molar refractivity (Wildman–Crippen MR) is 107 cm³/mol. The van der Waals surface area contributed by atoms with Gasteiger partial charge in [-0.25, -0.2) is 18.1 Å². The van der Waals surface area contributed by atoms with E-state index in [0.717, 1.165) is 17.8 Å². The molecule has 0 spiro atoms. The second kappa shape index (κ2) is 8.55. The number of halogens is 3. The SMILES string of the molecule is Cc1cc(C)c(S(=O)(=O)NC2CCC(Oc3ccc(C(F)(F)F)cn3)CC2)c(C)c1. The molecule has 30 heavy (non-hydrogen) atoms. The Morgan fingerprint density at radius 2 is 1.63 bits per heavy atom. The van der Waals surface area contributed by atoms with E-state index in [1.807, 2.05) is 19.1 Å². The summed E-state index contributed by atoms with van der Waals surface area (Å²) in [5, 5.41) is 0. The minimum absolute atomic E-state index is 0.137. The molecule has 0 saturated heterocycles. The molecule has 1 aromatic heterocycles. The van der Waals surface area contributed by atoms with Gasteiger partial charge in [-0.3, -0.25) is 0 Å². The molecule has 2 aromatic rings. The third kappa shape index (κ3) is 5.31. The van der Waals surface area contributed by atoms with E-state index >= 15 is 0 Å². The minimum Gasteiger partial charge on any atom is -0.474 e. The highest BCUT2D eigenvalue weighted by molar-refractivity contribution is 7.89. The summed E-state index contributed by atoms with van der Waals surface area (Å²) in [7, 11) is -3.64. The van der Waals surface area contributed by atoms with Crippen molar-refractivity contribution in [1.29, 1.82) is 0 Å². The second-order valence-electron chi connectivity index (χ2n) is 7.82. The summed E-state index contributed by atoms with van der Waals surface area (Å²) in [6, 6.07) is 5.64. The number of nitrogens with zero attached hydrogens (tertiary/aromatic N) is 1. The van der Waals surface area contributed by atoms with Crippen molar-refractivity contribution >= 4 is 10.0 Å². The van der Waals surface area contributed by atoms with Gasteiger partial charge in [-0.05, 0) is 63.6 Å². The van der Waals surface area contributed by atoms with Crippen molar-refractivity contribution in [2.75, 3.05) is 0 Å². The van der Waals surface area contributed by atoms with Gasteiger partial charge < -0.3 is 4.74 Å².